The summed E-state index contributed by atoms with van der Waals surface area (Å²) in [4.78, 5) is 14.4. The lowest BCUT2D eigenvalue weighted by Gasteiger charge is -2.15. The van der Waals surface area contributed by atoms with Crippen LogP contribution in [-0.2, 0) is 24.3 Å². The normalized spacial score (nSPS) is 10.7. The first kappa shape index (κ1) is 19.8. The van der Waals surface area contributed by atoms with Gasteiger partial charge in [-0.25, -0.2) is 0 Å². The first-order chi connectivity index (χ1) is 12.5. The average molecular weight is 356 g/mol. The lowest BCUT2D eigenvalue weighted by molar-refractivity contribution is -0.121. The van der Waals surface area contributed by atoms with E-state index in [0.29, 0.717) is 19.4 Å². The third kappa shape index (κ3) is 5.77. The number of nitrogens with zero attached hydrogens (tertiary/aromatic N) is 1. The maximum Gasteiger partial charge on any atom is 0.220 e. The van der Waals surface area contributed by atoms with Crippen molar-refractivity contribution in [2.24, 2.45) is 0 Å². The molecule has 0 aromatic heterocycles. The number of amides is 1. The van der Waals surface area contributed by atoms with Gasteiger partial charge in [-0.15, -0.1) is 0 Å². The van der Waals surface area contributed by atoms with Crippen LogP contribution in [0.3, 0.4) is 0 Å². The zero-order chi connectivity index (χ0) is 18.9. The van der Waals surface area contributed by atoms with E-state index in [4.69, 9.17) is 9.47 Å². The first-order valence-electron chi connectivity index (χ1n) is 8.72. The molecule has 0 saturated carbocycles. The number of hydrogen-bond acceptors (Lipinski definition) is 4. The van der Waals surface area contributed by atoms with E-state index in [1.165, 1.54) is 5.56 Å². The summed E-state index contributed by atoms with van der Waals surface area (Å²) in [6.07, 6.45) is 1.00. The molecule has 5 heteroatoms. The number of ether oxygens (including phenoxy) is 2. The third-order valence-corrected chi connectivity index (χ3v) is 4.19. The van der Waals surface area contributed by atoms with Crippen LogP contribution in [0, 0.1) is 0 Å². The third-order valence-electron chi connectivity index (χ3n) is 4.19. The summed E-state index contributed by atoms with van der Waals surface area (Å²) in [6, 6.07) is 13.8. The summed E-state index contributed by atoms with van der Waals surface area (Å²) in [5.41, 5.74) is 3.34. The molecule has 140 valence electrons. The summed E-state index contributed by atoms with van der Waals surface area (Å²) in [6.45, 7) is 1.39. The molecule has 0 aliphatic heterocycles. The second-order valence-corrected chi connectivity index (χ2v) is 6.46. The largest absolute Gasteiger partial charge is 0.497 e. The van der Waals surface area contributed by atoms with E-state index < -0.39 is 0 Å². The van der Waals surface area contributed by atoms with E-state index >= 15 is 0 Å². The van der Waals surface area contributed by atoms with E-state index in [1.807, 2.05) is 44.4 Å². The van der Waals surface area contributed by atoms with Gasteiger partial charge in [0.05, 0.1) is 14.2 Å². The summed E-state index contributed by atoms with van der Waals surface area (Å²) in [7, 11) is 7.34. The number of benzene rings is 2. The highest BCUT2D eigenvalue weighted by Crippen LogP contribution is 2.25. The van der Waals surface area contributed by atoms with Crippen molar-refractivity contribution in [3.8, 4) is 11.5 Å². The van der Waals surface area contributed by atoms with E-state index in [1.54, 1.807) is 14.2 Å². The predicted molar refractivity (Wildman–Crippen MR) is 104 cm³/mol. The van der Waals surface area contributed by atoms with Crippen molar-refractivity contribution in [3.63, 3.8) is 0 Å². The molecule has 0 aliphatic rings. The van der Waals surface area contributed by atoms with Crippen molar-refractivity contribution in [3.05, 3.63) is 59.2 Å². The Bertz CT molecular complexity index is 729. The van der Waals surface area contributed by atoms with Gasteiger partial charge in [-0.05, 0) is 55.4 Å². The minimum absolute atomic E-state index is 0.0227. The highest BCUT2D eigenvalue weighted by Gasteiger charge is 2.09. The van der Waals surface area contributed by atoms with Gasteiger partial charge in [0.15, 0.2) is 0 Å². The fraction of sp³-hybridized carbons (Fsp3) is 0.381. The topological polar surface area (TPSA) is 50.8 Å². The van der Waals surface area contributed by atoms with Gasteiger partial charge in [0.1, 0.15) is 11.5 Å². The van der Waals surface area contributed by atoms with Gasteiger partial charge >= 0.3 is 0 Å². The zero-order valence-electron chi connectivity index (χ0n) is 16.0. The second kappa shape index (κ2) is 9.82. The van der Waals surface area contributed by atoms with E-state index in [9.17, 15) is 4.79 Å². The molecule has 0 bridgehead atoms. The Morgan fingerprint density at radius 2 is 1.73 bits per heavy atom. The van der Waals surface area contributed by atoms with Crippen LogP contribution in [0.25, 0.3) is 0 Å². The zero-order valence-corrected chi connectivity index (χ0v) is 16.0. The molecule has 2 aromatic carbocycles. The van der Waals surface area contributed by atoms with E-state index in [-0.39, 0.29) is 5.91 Å². The van der Waals surface area contributed by atoms with Gasteiger partial charge in [0.2, 0.25) is 5.91 Å². The fourth-order valence-electron chi connectivity index (χ4n) is 2.83. The highest BCUT2D eigenvalue weighted by atomic mass is 16.5. The summed E-state index contributed by atoms with van der Waals surface area (Å²) in [5.74, 6) is 1.56. The molecule has 26 heavy (non-hydrogen) atoms. The molecule has 1 N–H and O–H groups in total. The molecule has 2 aromatic rings. The number of carbonyl (C=O) groups excluding carboxylic acids is 1. The molecule has 0 spiro atoms. The molecule has 0 unspecified atom stereocenters. The Labute approximate surface area is 155 Å². The Morgan fingerprint density at radius 3 is 2.38 bits per heavy atom. The van der Waals surface area contributed by atoms with Crippen LogP contribution in [0.5, 0.6) is 11.5 Å². The van der Waals surface area contributed by atoms with Crippen molar-refractivity contribution in [1.82, 2.24) is 10.2 Å². The van der Waals surface area contributed by atoms with Crippen molar-refractivity contribution in [2.75, 3.05) is 28.3 Å². The van der Waals surface area contributed by atoms with Crippen LogP contribution in [0.1, 0.15) is 23.1 Å². The minimum atomic E-state index is 0.0227. The molecule has 1 amide bonds. The monoisotopic (exact) mass is 356 g/mol. The molecule has 0 saturated heterocycles. The molecular weight excluding hydrogens is 328 g/mol. The number of rotatable bonds is 9. The molecule has 0 atom stereocenters. The molecule has 5 nitrogen and oxygen atoms in total. The Hall–Kier alpha value is -2.53. The average Bonchev–Trinajstić information content (AvgIpc) is 2.64. The van der Waals surface area contributed by atoms with Gasteiger partial charge in [0, 0.05) is 19.5 Å². The standard InChI is InChI=1S/C21H28N2O3/c1-23(2)15-18-8-6-5-7-17(18)14-22-21(24)12-9-16-13-19(25-3)10-11-20(16)26-4/h5-8,10-11,13H,9,12,14-15H2,1-4H3,(H,22,24). The van der Waals surface area contributed by atoms with E-state index in [2.05, 4.69) is 22.3 Å². The van der Waals surface area contributed by atoms with Crippen LogP contribution in [0.2, 0.25) is 0 Å². The van der Waals surface area contributed by atoms with Gasteiger partial charge in [0.25, 0.3) is 0 Å². The minimum Gasteiger partial charge on any atom is -0.497 e. The summed E-state index contributed by atoms with van der Waals surface area (Å²) < 4.78 is 10.6. The van der Waals surface area contributed by atoms with Gasteiger partial charge in [-0.1, -0.05) is 24.3 Å². The van der Waals surface area contributed by atoms with Crippen molar-refractivity contribution in [2.45, 2.75) is 25.9 Å². The van der Waals surface area contributed by atoms with Crippen LogP contribution >= 0.6 is 0 Å². The highest BCUT2D eigenvalue weighted by molar-refractivity contribution is 5.76. The summed E-state index contributed by atoms with van der Waals surface area (Å²) in [5, 5.41) is 3.02. The van der Waals surface area contributed by atoms with E-state index in [0.717, 1.165) is 29.2 Å². The lowest BCUT2D eigenvalue weighted by Crippen LogP contribution is -2.24. The number of nitrogens with one attached hydrogen (secondary N) is 1. The fourth-order valence-corrected chi connectivity index (χ4v) is 2.83. The van der Waals surface area contributed by atoms with Gasteiger partial charge < -0.3 is 19.7 Å². The van der Waals surface area contributed by atoms with Crippen molar-refractivity contribution >= 4 is 5.91 Å². The van der Waals surface area contributed by atoms with Crippen LogP contribution < -0.4 is 14.8 Å². The molecule has 2 rings (SSSR count). The molecule has 0 radical (unpaired) electrons. The molecule has 0 aliphatic carbocycles. The van der Waals surface area contributed by atoms with Crippen molar-refractivity contribution < 1.29 is 14.3 Å². The Kier molecular flexibility index (Phi) is 7.48. The maximum atomic E-state index is 12.3. The van der Waals surface area contributed by atoms with Gasteiger partial charge in [-0.2, -0.15) is 0 Å². The number of hydrogen-bond donors (Lipinski definition) is 1. The number of methoxy groups -OCH3 is 2. The second-order valence-electron chi connectivity index (χ2n) is 6.46. The maximum absolute atomic E-state index is 12.3. The Morgan fingerprint density at radius 1 is 1.00 bits per heavy atom. The smallest absolute Gasteiger partial charge is 0.220 e. The molecule has 0 heterocycles. The van der Waals surface area contributed by atoms with Crippen LogP contribution in [-0.4, -0.2) is 39.1 Å². The molecule has 0 fully saturated rings. The van der Waals surface area contributed by atoms with Crippen LogP contribution in [0.4, 0.5) is 0 Å². The SMILES string of the molecule is COc1ccc(OC)c(CCC(=O)NCc2ccccc2CN(C)C)c1. The quantitative estimate of drug-likeness (QED) is 0.750. The van der Waals surface area contributed by atoms with Crippen LogP contribution in [0.15, 0.2) is 42.5 Å². The lowest BCUT2D eigenvalue weighted by atomic mass is 10.1. The van der Waals surface area contributed by atoms with Gasteiger partial charge in [-0.3, -0.25) is 4.79 Å². The predicted octanol–water partition coefficient (Wildman–Crippen LogP) is 3.01. The Balaban J connectivity index is 1.92. The first-order valence-corrected chi connectivity index (χ1v) is 8.72. The van der Waals surface area contributed by atoms with Crippen molar-refractivity contribution in [1.29, 1.82) is 0 Å². The molecular formula is C21H28N2O3. The summed E-state index contributed by atoms with van der Waals surface area (Å²) >= 11 is 0. The number of aryl methyl sites for hydroxylation is 1. The number of carbonyl (C=O) groups is 1.